The van der Waals surface area contributed by atoms with Crippen LogP contribution in [0.2, 0.25) is 0 Å². The number of hydrogen-bond acceptors (Lipinski definition) is 4. The minimum absolute atomic E-state index is 0.338. The summed E-state index contributed by atoms with van der Waals surface area (Å²) in [5, 5.41) is 4.32. The van der Waals surface area contributed by atoms with E-state index in [1.807, 2.05) is 12.1 Å². The van der Waals surface area contributed by atoms with Crippen LogP contribution >= 0.6 is 11.8 Å². The topological polar surface area (TPSA) is 37.8 Å². The van der Waals surface area contributed by atoms with Crippen molar-refractivity contribution in [2.45, 2.75) is 18.1 Å². The first-order chi connectivity index (χ1) is 8.90. The van der Waals surface area contributed by atoms with Crippen molar-refractivity contribution in [3.63, 3.8) is 0 Å². The number of hydrogen-bond donors (Lipinski definition) is 1. The maximum Gasteiger partial charge on any atom is 0.187 e. The first kappa shape index (κ1) is 13.1. The van der Waals surface area contributed by atoms with E-state index in [-0.39, 0.29) is 0 Å². The monoisotopic (exact) mass is 259 g/mol. The van der Waals surface area contributed by atoms with Gasteiger partial charge in [0.25, 0.3) is 0 Å². The van der Waals surface area contributed by atoms with Crippen LogP contribution in [0.15, 0.2) is 53.9 Å². The number of nitrogens with zero attached hydrogens (tertiary/aromatic N) is 2. The van der Waals surface area contributed by atoms with Crippen molar-refractivity contribution in [3.8, 4) is 0 Å². The molecular weight excluding hydrogens is 242 g/mol. The molecule has 1 aromatic carbocycles. The highest BCUT2D eigenvalue weighted by atomic mass is 32.2. The van der Waals surface area contributed by atoms with E-state index in [4.69, 9.17) is 0 Å². The fraction of sp³-hybridized carbons (Fsp3) is 0.286. The van der Waals surface area contributed by atoms with Gasteiger partial charge in [-0.15, -0.1) is 0 Å². The van der Waals surface area contributed by atoms with Crippen molar-refractivity contribution < 1.29 is 0 Å². The van der Waals surface area contributed by atoms with Gasteiger partial charge in [-0.1, -0.05) is 49.0 Å². The van der Waals surface area contributed by atoms with E-state index in [2.05, 4.69) is 46.5 Å². The Morgan fingerprint density at radius 1 is 1.11 bits per heavy atom. The fourth-order valence-corrected chi connectivity index (χ4v) is 2.62. The molecule has 4 heteroatoms. The highest BCUT2D eigenvalue weighted by Crippen LogP contribution is 2.21. The van der Waals surface area contributed by atoms with Gasteiger partial charge >= 0.3 is 0 Å². The molecule has 3 nitrogen and oxygen atoms in total. The van der Waals surface area contributed by atoms with E-state index in [9.17, 15) is 0 Å². The van der Waals surface area contributed by atoms with Crippen LogP contribution in [0.3, 0.4) is 0 Å². The molecular formula is C14H17N3S. The molecule has 0 amide bonds. The lowest BCUT2D eigenvalue weighted by Gasteiger charge is -2.17. The van der Waals surface area contributed by atoms with Crippen LogP contribution in [-0.4, -0.2) is 22.3 Å². The molecule has 0 aliphatic carbocycles. The van der Waals surface area contributed by atoms with Gasteiger partial charge in [-0.3, -0.25) is 0 Å². The Kier molecular flexibility index (Phi) is 5.17. The summed E-state index contributed by atoms with van der Waals surface area (Å²) < 4.78 is 0. The number of benzene rings is 1. The third-order valence-electron chi connectivity index (χ3n) is 2.57. The molecule has 0 saturated heterocycles. The molecule has 0 aliphatic heterocycles. The zero-order chi connectivity index (χ0) is 12.6. The van der Waals surface area contributed by atoms with E-state index in [1.54, 1.807) is 24.2 Å². The summed E-state index contributed by atoms with van der Waals surface area (Å²) in [5.74, 6) is 0.932. The summed E-state index contributed by atoms with van der Waals surface area (Å²) in [5.41, 5.74) is 1.31. The summed E-state index contributed by atoms with van der Waals surface area (Å²) in [6, 6.07) is 12.7. The van der Waals surface area contributed by atoms with Gasteiger partial charge in [-0.05, 0) is 18.2 Å². The number of thioether (sulfide) groups is 1. The molecule has 0 fully saturated rings. The van der Waals surface area contributed by atoms with Gasteiger partial charge in [0.2, 0.25) is 0 Å². The molecule has 0 spiro atoms. The van der Waals surface area contributed by atoms with Crippen LogP contribution < -0.4 is 5.32 Å². The zero-order valence-corrected chi connectivity index (χ0v) is 11.2. The summed E-state index contributed by atoms with van der Waals surface area (Å²) >= 11 is 1.68. The minimum atomic E-state index is 0.338. The van der Waals surface area contributed by atoms with E-state index >= 15 is 0 Å². The molecule has 1 N–H and O–H groups in total. The maximum atomic E-state index is 4.23. The van der Waals surface area contributed by atoms with Crippen molar-refractivity contribution in [1.29, 1.82) is 0 Å². The average Bonchev–Trinajstić information content (AvgIpc) is 2.45. The second-order valence-electron chi connectivity index (χ2n) is 3.86. The molecule has 94 valence electrons. The predicted molar refractivity (Wildman–Crippen MR) is 75.6 cm³/mol. The van der Waals surface area contributed by atoms with Crippen LogP contribution in [0.1, 0.15) is 18.5 Å². The quantitative estimate of drug-likeness (QED) is 0.639. The molecule has 2 rings (SSSR count). The van der Waals surface area contributed by atoms with Crippen LogP contribution in [0, 0.1) is 0 Å². The van der Waals surface area contributed by atoms with Gasteiger partial charge in [0.1, 0.15) is 0 Å². The van der Waals surface area contributed by atoms with Crippen LogP contribution in [0.5, 0.6) is 0 Å². The van der Waals surface area contributed by atoms with Gasteiger partial charge in [-0.25, -0.2) is 9.97 Å². The van der Waals surface area contributed by atoms with Crippen LogP contribution in [0.4, 0.5) is 0 Å². The third-order valence-corrected chi connectivity index (χ3v) is 3.54. The zero-order valence-electron chi connectivity index (χ0n) is 10.4. The molecule has 0 aliphatic rings. The van der Waals surface area contributed by atoms with Gasteiger partial charge < -0.3 is 5.32 Å². The first-order valence-electron chi connectivity index (χ1n) is 6.08. The number of rotatable bonds is 6. The second kappa shape index (κ2) is 7.13. The molecule has 1 unspecified atom stereocenters. The van der Waals surface area contributed by atoms with E-state index in [1.165, 1.54) is 5.56 Å². The highest BCUT2D eigenvalue weighted by molar-refractivity contribution is 7.99. The first-order valence-corrected chi connectivity index (χ1v) is 7.07. The minimum Gasteiger partial charge on any atom is -0.309 e. The lowest BCUT2D eigenvalue weighted by Crippen LogP contribution is -2.22. The van der Waals surface area contributed by atoms with E-state index in [0.29, 0.717) is 6.04 Å². The van der Waals surface area contributed by atoms with Crippen molar-refractivity contribution in [2.75, 3.05) is 12.3 Å². The fourth-order valence-electron chi connectivity index (χ4n) is 1.72. The summed E-state index contributed by atoms with van der Waals surface area (Å²) in [6.07, 6.45) is 3.56. The smallest absolute Gasteiger partial charge is 0.187 e. The van der Waals surface area contributed by atoms with Gasteiger partial charge in [0.05, 0.1) is 0 Å². The number of nitrogens with one attached hydrogen (secondary N) is 1. The Morgan fingerprint density at radius 2 is 1.83 bits per heavy atom. The van der Waals surface area contributed by atoms with E-state index in [0.717, 1.165) is 17.5 Å². The van der Waals surface area contributed by atoms with Crippen molar-refractivity contribution in [3.05, 3.63) is 54.4 Å². The van der Waals surface area contributed by atoms with Gasteiger partial charge in [0, 0.05) is 24.2 Å². The average molecular weight is 259 g/mol. The lowest BCUT2D eigenvalue weighted by molar-refractivity contribution is 0.605. The Balaban J connectivity index is 1.99. The SMILES string of the molecule is CCNC(CSc1ncccn1)c1ccccc1. The standard InChI is InChI=1S/C14H17N3S/c1-2-15-13(12-7-4-3-5-8-12)11-18-14-16-9-6-10-17-14/h3-10,13,15H,2,11H2,1H3. The lowest BCUT2D eigenvalue weighted by atomic mass is 10.1. The molecule has 1 aromatic heterocycles. The van der Waals surface area contributed by atoms with Crippen molar-refractivity contribution in [1.82, 2.24) is 15.3 Å². The third kappa shape index (κ3) is 3.82. The Hall–Kier alpha value is -1.39. The Labute approximate surface area is 112 Å². The largest absolute Gasteiger partial charge is 0.309 e. The molecule has 1 atom stereocenters. The molecule has 0 bridgehead atoms. The van der Waals surface area contributed by atoms with Gasteiger partial charge in [-0.2, -0.15) is 0 Å². The molecule has 1 heterocycles. The Bertz CT molecular complexity index is 447. The summed E-state index contributed by atoms with van der Waals surface area (Å²) in [6.45, 7) is 3.08. The number of aromatic nitrogens is 2. The normalized spacial score (nSPS) is 12.3. The Morgan fingerprint density at radius 3 is 2.50 bits per heavy atom. The van der Waals surface area contributed by atoms with Crippen molar-refractivity contribution in [2.24, 2.45) is 0 Å². The van der Waals surface area contributed by atoms with Crippen LogP contribution in [0.25, 0.3) is 0 Å². The highest BCUT2D eigenvalue weighted by Gasteiger charge is 2.10. The van der Waals surface area contributed by atoms with Gasteiger partial charge in [0.15, 0.2) is 5.16 Å². The second-order valence-corrected chi connectivity index (χ2v) is 4.85. The van der Waals surface area contributed by atoms with Crippen molar-refractivity contribution >= 4 is 11.8 Å². The maximum absolute atomic E-state index is 4.23. The molecule has 0 radical (unpaired) electrons. The molecule has 18 heavy (non-hydrogen) atoms. The van der Waals surface area contributed by atoms with E-state index < -0.39 is 0 Å². The van der Waals surface area contributed by atoms with Crippen LogP contribution in [-0.2, 0) is 0 Å². The summed E-state index contributed by atoms with van der Waals surface area (Å²) in [7, 11) is 0. The molecule has 0 saturated carbocycles. The predicted octanol–water partition coefficient (Wildman–Crippen LogP) is 2.92. The summed E-state index contributed by atoms with van der Waals surface area (Å²) in [4.78, 5) is 8.46. The molecule has 2 aromatic rings.